The van der Waals surface area contributed by atoms with Crippen molar-refractivity contribution in [3.05, 3.63) is 29.3 Å². The summed E-state index contributed by atoms with van der Waals surface area (Å²) in [5, 5.41) is 2.71. The van der Waals surface area contributed by atoms with Crippen LogP contribution in [0.3, 0.4) is 0 Å². The van der Waals surface area contributed by atoms with Gasteiger partial charge in [0.2, 0.25) is 10.0 Å². The second-order valence-corrected chi connectivity index (χ2v) is 7.18. The van der Waals surface area contributed by atoms with Gasteiger partial charge in [0.15, 0.2) is 0 Å². The molecule has 0 unspecified atom stereocenters. The Labute approximate surface area is 136 Å². The van der Waals surface area contributed by atoms with Crippen LogP contribution in [0.5, 0.6) is 0 Å². The Kier molecular flexibility index (Phi) is 6.11. The smallest absolute Gasteiger partial charge is 0.251 e. The van der Waals surface area contributed by atoms with Gasteiger partial charge >= 0.3 is 0 Å². The lowest BCUT2D eigenvalue weighted by atomic mass is 10.1. The Balaban J connectivity index is 2.23. The quantitative estimate of drug-likeness (QED) is 0.756. The van der Waals surface area contributed by atoms with E-state index < -0.39 is 10.0 Å². The number of ether oxygens (including phenoxy) is 2. The van der Waals surface area contributed by atoms with Crippen molar-refractivity contribution in [2.75, 3.05) is 46.6 Å². The topological polar surface area (TPSA) is 84.9 Å². The third kappa shape index (κ3) is 4.29. The van der Waals surface area contributed by atoms with Gasteiger partial charge in [0.25, 0.3) is 5.91 Å². The number of rotatable bonds is 6. The first-order chi connectivity index (χ1) is 11.0. The molecule has 0 spiro atoms. The molecule has 1 aliphatic rings. The lowest BCUT2D eigenvalue weighted by molar-refractivity contribution is 0.0730. The number of carbonyl (C=O) groups excluding carboxylic acids is 1. The first kappa shape index (κ1) is 17.9. The minimum absolute atomic E-state index is 0.127. The first-order valence-electron chi connectivity index (χ1n) is 7.42. The zero-order valence-electron chi connectivity index (χ0n) is 13.4. The molecule has 8 heteroatoms. The van der Waals surface area contributed by atoms with Crippen LogP contribution >= 0.6 is 0 Å². The minimum Gasteiger partial charge on any atom is -0.383 e. The van der Waals surface area contributed by atoms with Crippen LogP contribution < -0.4 is 5.32 Å². The van der Waals surface area contributed by atoms with E-state index in [1.54, 1.807) is 20.1 Å². The highest BCUT2D eigenvalue weighted by atomic mass is 32.2. The molecule has 1 aromatic carbocycles. The van der Waals surface area contributed by atoms with Crippen molar-refractivity contribution in [3.63, 3.8) is 0 Å². The van der Waals surface area contributed by atoms with E-state index in [-0.39, 0.29) is 10.8 Å². The van der Waals surface area contributed by atoms with Gasteiger partial charge in [-0.1, -0.05) is 6.07 Å². The highest BCUT2D eigenvalue weighted by Gasteiger charge is 2.27. The molecule has 0 saturated carbocycles. The molecule has 2 rings (SSSR count). The average molecular weight is 342 g/mol. The number of benzene rings is 1. The fourth-order valence-electron chi connectivity index (χ4n) is 2.30. The maximum absolute atomic E-state index is 12.7. The molecule has 0 bridgehead atoms. The number of amides is 1. The Morgan fingerprint density at radius 2 is 2.04 bits per heavy atom. The summed E-state index contributed by atoms with van der Waals surface area (Å²) in [6, 6.07) is 4.62. The van der Waals surface area contributed by atoms with Crippen molar-refractivity contribution in [3.8, 4) is 0 Å². The van der Waals surface area contributed by atoms with Gasteiger partial charge in [-0.15, -0.1) is 0 Å². The number of morpholine rings is 1. The van der Waals surface area contributed by atoms with Crippen molar-refractivity contribution in [2.24, 2.45) is 0 Å². The number of nitrogens with one attached hydrogen (secondary N) is 1. The van der Waals surface area contributed by atoms with Crippen LogP contribution in [0.2, 0.25) is 0 Å². The molecule has 7 nitrogen and oxygen atoms in total. The van der Waals surface area contributed by atoms with Crippen LogP contribution in [0, 0.1) is 6.92 Å². The fraction of sp³-hybridized carbons (Fsp3) is 0.533. The number of methoxy groups -OCH3 is 1. The van der Waals surface area contributed by atoms with Crippen molar-refractivity contribution < 1.29 is 22.7 Å². The van der Waals surface area contributed by atoms with Crippen molar-refractivity contribution in [1.82, 2.24) is 9.62 Å². The van der Waals surface area contributed by atoms with E-state index in [1.807, 2.05) is 0 Å². The molecular formula is C15H22N2O5S. The molecule has 23 heavy (non-hydrogen) atoms. The third-order valence-corrected chi connectivity index (χ3v) is 5.55. The van der Waals surface area contributed by atoms with Gasteiger partial charge in [0, 0.05) is 32.3 Å². The second kappa shape index (κ2) is 7.87. The molecule has 1 aromatic rings. The zero-order valence-corrected chi connectivity index (χ0v) is 14.2. The molecule has 1 aliphatic heterocycles. The van der Waals surface area contributed by atoms with Gasteiger partial charge in [-0.3, -0.25) is 4.79 Å². The molecule has 0 atom stereocenters. The maximum atomic E-state index is 12.7. The first-order valence-corrected chi connectivity index (χ1v) is 8.86. The van der Waals surface area contributed by atoms with E-state index in [1.165, 1.54) is 16.4 Å². The highest BCUT2D eigenvalue weighted by molar-refractivity contribution is 7.89. The van der Waals surface area contributed by atoms with E-state index in [9.17, 15) is 13.2 Å². The molecule has 128 valence electrons. The normalized spacial score (nSPS) is 16.3. The highest BCUT2D eigenvalue weighted by Crippen LogP contribution is 2.20. The van der Waals surface area contributed by atoms with Gasteiger partial charge < -0.3 is 14.8 Å². The van der Waals surface area contributed by atoms with E-state index >= 15 is 0 Å². The lowest BCUT2D eigenvalue weighted by Gasteiger charge is -2.26. The summed E-state index contributed by atoms with van der Waals surface area (Å²) < 4.78 is 36.8. The van der Waals surface area contributed by atoms with E-state index in [0.29, 0.717) is 45.0 Å². The van der Waals surface area contributed by atoms with Crippen LogP contribution in [0.1, 0.15) is 15.9 Å². The molecular weight excluding hydrogens is 320 g/mol. The zero-order chi connectivity index (χ0) is 16.9. The molecule has 0 aliphatic carbocycles. The lowest BCUT2D eigenvalue weighted by Crippen LogP contribution is -2.40. The van der Waals surface area contributed by atoms with Gasteiger partial charge in [-0.2, -0.15) is 4.31 Å². The molecule has 1 N–H and O–H groups in total. The van der Waals surface area contributed by atoms with Crippen LogP contribution in [-0.4, -0.2) is 65.2 Å². The van der Waals surface area contributed by atoms with Crippen molar-refractivity contribution in [1.29, 1.82) is 0 Å². The van der Waals surface area contributed by atoms with Crippen LogP contribution in [0.25, 0.3) is 0 Å². The summed E-state index contributed by atoms with van der Waals surface area (Å²) in [6.07, 6.45) is 0. The Hall–Kier alpha value is -1.48. The predicted octanol–water partition coefficient (Wildman–Crippen LogP) is 0.392. The molecule has 1 amide bonds. The monoisotopic (exact) mass is 342 g/mol. The Morgan fingerprint density at radius 3 is 2.70 bits per heavy atom. The Morgan fingerprint density at radius 1 is 1.35 bits per heavy atom. The maximum Gasteiger partial charge on any atom is 0.251 e. The van der Waals surface area contributed by atoms with Gasteiger partial charge in [-0.05, 0) is 24.6 Å². The summed E-state index contributed by atoms with van der Waals surface area (Å²) in [5.74, 6) is -0.307. The summed E-state index contributed by atoms with van der Waals surface area (Å²) in [7, 11) is -2.06. The second-order valence-electron chi connectivity index (χ2n) is 5.24. The molecule has 1 heterocycles. The van der Waals surface area contributed by atoms with Crippen molar-refractivity contribution in [2.45, 2.75) is 11.8 Å². The van der Waals surface area contributed by atoms with Crippen molar-refractivity contribution >= 4 is 15.9 Å². The Bertz CT molecular complexity index is 654. The predicted molar refractivity (Wildman–Crippen MR) is 85.0 cm³/mol. The molecule has 0 aromatic heterocycles. The van der Waals surface area contributed by atoms with Gasteiger partial charge in [0.05, 0.1) is 24.7 Å². The van der Waals surface area contributed by atoms with Crippen LogP contribution in [0.4, 0.5) is 0 Å². The summed E-state index contributed by atoms with van der Waals surface area (Å²) >= 11 is 0. The van der Waals surface area contributed by atoms with Crippen LogP contribution in [0.15, 0.2) is 23.1 Å². The number of sulfonamides is 1. The van der Waals surface area contributed by atoms with Gasteiger partial charge in [-0.25, -0.2) is 8.42 Å². The SMILES string of the molecule is COCCNC(=O)c1cc(S(=O)(=O)N2CCOCC2)ccc1C. The number of aryl methyl sites for hydroxylation is 1. The van der Waals surface area contributed by atoms with Crippen LogP contribution in [-0.2, 0) is 19.5 Å². The number of hydrogen-bond acceptors (Lipinski definition) is 5. The standard InChI is InChI=1S/C15H22N2O5S/c1-12-3-4-13(11-14(12)15(18)16-5-8-21-2)23(19,20)17-6-9-22-10-7-17/h3-4,11H,5-10H2,1-2H3,(H,16,18). The van der Waals surface area contributed by atoms with Gasteiger partial charge in [0.1, 0.15) is 0 Å². The molecule has 1 fully saturated rings. The molecule has 0 radical (unpaired) electrons. The largest absolute Gasteiger partial charge is 0.383 e. The molecule has 1 saturated heterocycles. The number of nitrogens with zero attached hydrogens (tertiary/aromatic N) is 1. The minimum atomic E-state index is -3.61. The third-order valence-electron chi connectivity index (χ3n) is 3.65. The fourth-order valence-corrected chi connectivity index (χ4v) is 3.74. The number of carbonyl (C=O) groups is 1. The summed E-state index contributed by atoms with van der Waals surface area (Å²) in [5.41, 5.74) is 1.08. The summed E-state index contributed by atoms with van der Waals surface area (Å²) in [4.78, 5) is 12.3. The average Bonchev–Trinajstić information content (AvgIpc) is 2.56. The van der Waals surface area contributed by atoms with E-state index in [2.05, 4.69) is 5.32 Å². The number of hydrogen-bond donors (Lipinski definition) is 1. The van der Waals surface area contributed by atoms with E-state index in [4.69, 9.17) is 9.47 Å². The summed E-state index contributed by atoms with van der Waals surface area (Å²) in [6.45, 7) is 3.96. The van der Waals surface area contributed by atoms with E-state index in [0.717, 1.165) is 5.56 Å².